The lowest BCUT2D eigenvalue weighted by Crippen LogP contribution is -2.26. The molecule has 2 aromatic heterocycles. The molecular weight excluding hydrogens is 214 g/mol. The van der Waals surface area contributed by atoms with Crippen LogP contribution in [0.25, 0.3) is 11.3 Å². The monoisotopic (exact) mass is 229 g/mol. The fraction of sp³-hybridized carbons (Fsp3) is 0.462. The van der Waals surface area contributed by atoms with Gasteiger partial charge >= 0.3 is 0 Å². The van der Waals surface area contributed by atoms with E-state index in [1.165, 1.54) is 24.4 Å². The van der Waals surface area contributed by atoms with Crippen LogP contribution in [0.1, 0.15) is 18.7 Å². The number of fused-ring (bicyclic) bond motifs is 2. The van der Waals surface area contributed by atoms with Gasteiger partial charge in [-0.3, -0.25) is 0 Å². The molecule has 0 aromatic carbocycles. The fourth-order valence-corrected chi connectivity index (χ4v) is 3.25. The largest absolute Gasteiger partial charge is 0.472 e. The molecule has 0 saturated carbocycles. The number of nitrogens with one attached hydrogen (secondary N) is 1. The first-order valence-corrected chi connectivity index (χ1v) is 6.18. The van der Waals surface area contributed by atoms with Crippen molar-refractivity contribution < 1.29 is 4.42 Å². The van der Waals surface area contributed by atoms with Gasteiger partial charge in [0.15, 0.2) is 0 Å². The standard InChI is InChI=1S/C13H15N3O/c1-6-17-8-10(1)11-7-15-12-13(2-4-14-9-13)3-5-16(11)12/h1,6-8,14H,2-5,9H2/t13-/m1/s1. The Labute approximate surface area is 99.6 Å². The van der Waals surface area contributed by atoms with Gasteiger partial charge in [-0.2, -0.15) is 0 Å². The Morgan fingerprint density at radius 2 is 2.41 bits per heavy atom. The summed E-state index contributed by atoms with van der Waals surface area (Å²) in [6.07, 6.45) is 7.93. The Morgan fingerprint density at radius 3 is 3.18 bits per heavy atom. The van der Waals surface area contributed by atoms with Crippen LogP contribution in [-0.2, 0) is 12.0 Å². The molecule has 17 heavy (non-hydrogen) atoms. The number of imidazole rings is 1. The molecule has 0 bridgehead atoms. The number of rotatable bonds is 1. The number of hydrogen-bond donors (Lipinski definition) is 1. The maximum Gasteiger partial charge on any atom is 0.116 e. The highest BCUT2D eigenvalue weighted by Gasteiger charge is 2.43. The first-order chi connectivity index (χ1) is 8.39. The molecule has 1 fully saturated rings. The van der Waals surface area contributed by atoms with Crippen LogP contribution in [-0.4, -0.2) is 22.6 Å². The maximum atomic E-state index is 5.16. The zero-order valence-corrected chi connectivity index (χ0v) is 9.65. The number of nitrogens with zero attached hydrogens (tertiary/aromatic N) is 2. The molecule has 4 nitrogen and oxygen atoms in total. The highest BCUT2D eigenvalue weighted by molar-refractivity contribution is 5.58. The van der Waals surface area contributed by atoms with Crippen molar-refractivity contribution in [1.82, 2.24) is 14.9 Å². The summed E-state index contributed by atoms with van der Waals surface area (Å²) in [5.74, 6) is 1.26. The first kappa shape index (κ1) is 9.48. The van der Waals surface area contributed by atoms with E-state index in [9.17, 15) is 0 Å². The summed E-state index contributed by atoms with van der Waals surface area (Å²) in [6, 6.07) is 2.00. The number of aromatic nitrogens is 2. The summed E-state index contributed by atoms with van der Waals surface area (Å²) in [4.78, 5) is 4.67. The van der Waals surface area contributed by atoms with Gasteiger partial charge in [0.05, 0.1) is 24.4 Å². The topological polar surface area (TPSA) is 43.0 Å². The predicted molar refractivity (Wildman–Crippen MR) is 63.7 cm³/mol. The van der Waals surface area contributed by atoms with Crippen molar-refractivity contribution in [2.45, 2.75) is 24.8 Å². The van der Waals surface area contributed by atoms with Gasteiger partial charge in [-0.05, 0) is 25.5 Å². The Bertz CT molecular complexity index is 535. The maximum absolute atomic E-state index is 5.16. The average molecular weight is 229 g/mol. The number of furan rings is 1. The molecule has 4 heteroatoms. The molecule has 88 valence electrons. The van der Waals surface area contributed by atoms with E-state index in [-0.39, 0.29) is 0 Å². The van der Waals surface area contributed by atoms with Crippen molar-refractivity contribution in [3.05, 3.63) is 30.6 Å². The molecular formula is C13H15N3O. The molecule has 1 saturated heterocycles. The molecule has 2 aliphatic rings. The van der Waals surface area contributed by atoms with E-state index in [0.29, 0.717) is 5.41 Å². The van der Waals surface area contributed by atoms with Gasteiger partial charge in [0, 0.05) is 24.1 Å². The minimum absolute atomic E-state index is 0.294. The lowest BCUT2D eigenvalue weighted by atomic mass is 9.85. The van der Waals surface area contributed by atoms with Crippen LogP contribution in [0.4, 0.5) is 0 Å². The molecule has 4 heterocycles. The van der Waals surface area contributed by atoms with Crippen LogP contribution in [0, 0.1) is 0 Å². The molecule has 0 amide bonds. The lowest BCUT2D eigenvalue weighted by Gasteiger charge is -2.18. The summed E-state index contributed by atoms with van der Waals surface area (Å²) in [7, 11) is 0. The van der Waals surface area contributed by atoms with Crippen molar-refractivity contribution in [3.63, 3.8) is 0 Å². The van der Waals surface area contributed by atoms with Gasteiger partial charge in [-0.15, -0.1) is 0 Å². The molecule has 4 rings (SSSR count). The van der Waals surface area contributed by atoms with Crippen LogP contribution >= 0.6 is 0 Å². The minimum atomic E-state index is 0.294. The first-order valence-electron chi connectivity index (χ1n) is 6.18. The Hall–Kier alpha value is -1.55. The van der Waals surface area contributed by atoms with Gasteiger partial charge < -0.3 is 14.3 Å². The SMILES string of the molecule is c1cc(-c2cnc3n2CC[C@@]32CCNC2)co1. The minimum Gasteiger partial charge on any atom is -0.472 e. The quantitative estimate of drug-likeness (QED) is 0.810. The summed E-state index contributed by atoms with van der Waals surface area (Å²) in [6.45, 7) is 3.28. The molecule has 0 radical (unpaired) electrons. The molecule has 2 aromatic rings. The second-order valence-electron chi connectivity index (χ2n) is 5.09. The van der Waals surface area contributed by atoms with Crippen LogP contribution in [0.5, 0.6) is 0 Å². The Morgan fingerprint density at radius 1 is 1.41 bits per heavy atom. The van der Waals surface area contributed by atoms with E-state index in [4.69, 9.17) is 4.42 Å². The molecule has 2 aliphatic heterocycles. The van der Waals surface area contributed by atoms with Crippen molar-refractivity contribution in [1.29, 1.82) is 0 Å². The lowest BCUT2D eigenvalue weighted by molar-refractivity contribution is 0.457. The normalized spacial score (nSPS) is 26.8. The molecule has 1 N–H and O–H groups in total. The van der Waals surface area contributed by atoms with E-state index >= 15 is 0 Å². The van der Waals surface area contributed by atoms with Crippen LogP contribution < -0.4 is 5.32 Å². The third-order valence-corrected chi connectivity index (χ3v) is 4.20. The van der Waals surface area contributed by atoms with Crippen molar-refractivity contribution >= 4 is 0 Å². The van der Waals surface area contributed by atoms with Crippen molar-refractivity contribution in [2.24, 2.45) is 0 Å². The third kappa shape index (κ3) is 1.19. The molecule has 0 unspecified atom stereocenters. The third-order valence-electron chi connectivity index (χ3n) is 4.20. The van der Waals surface area contributed by atoms with E-state index in [2.05, 4.69) is 14.9 Å². The predicted octanol–water partition coefficient (Wildman–Crippen LogP) is 1.78. The molecule has 0 aliphatic carbocycles. The zero-order chi connectivity index (χ0) is 11.3. The van der Waals surface area contributed by atoms with E-state index in [1.54, 1.807) is 12.5 Å². The van der Waals surface area contributed by atoms with Gasteiger partial charge in [-0.1, -0.05) is 0 Å². The highest BCUT2D eigenvalue weighted by Crippen LogP contribution is 2.41. The molecule has 1 atom stereocenters. The van der Waals surface area contributed by atoms with E-state index in [0.717, 1.165) is 25.2 Å². The average Bonchev–Trinajstić information content (AvgIpc) is 3.09. The Kier molecular flexibility index (Phi) is 1.80. The highest BCUT2D eigenvalue weighted by atomic mass is 16.3. The van der Waals surface area contributed by atoms with Crippen molar-refractivity contribution in [2.75, 3.05) is 13.1 Å². The molecule has 1 spiro atoms. The van der Waals surface area contributed by atoms with Crippen LogP contribution in [0.2, 0.25) is 0 Å². The van der Waals surface area contributed by atoms with E-state index < -0.39 is 0 Å². The fourth-order valence-electron chi connectivity index (χ4n) is 3.25. The second kappa shape index (κ2) is 3.23. The van der Waals surface area contributed by atoms with Gasteiger partial charge in [0.2, 0.25) is 0 Å². The number of hydrogen-bond acceptors (Lipinski definition) is 3. The van der Waals surface area contributed by atoms with Crippen LogP contribution in [0.3, 0.4) is 0 Å². The summed E-state index contributed by atoms with van der Waals surface area (Å²) >= 11 is 0. The second-order valence-corrected chi connectivity index (χ2v) is 5.09. The van der Waals surface area contributed by atoms with Gasteiger partial charge in [-0.25, -0.2) is 4.98 Å². The van der Waals surface area contributed by atoms with E-state index in [1.807, 2.05) is 12.3 Å². The van der Waals surface area contributed by atoms with Gasteiger partial charge in [0.1, 0.15) is 5.82 Å². The zero-order valence-electron chi connectivity index (χ0n) is 9.65. The summed E-state index contributed by atoms with van der Waals surface area (Å²) < 4.78 is 7.52. The Balaban J connectivity index is 1.83. The van der Waals surface area contributed by atoms with Crippen molar-refractivity contribution in [3.8, 4) is 11.3 Å². The van der Waals surface area contributed by atoms with Gasteiger partial charge in [0.25, 0.3) is 0 Å². The van der Waals surface area contributed by atoms with Crippen LogP contribution in [0.15, 0.2) is 29.2 Å². The summed E-state index contributed by atoms with van der Waals surface area (Å²) in [5, 5.41) is 3.47. The summed E-state index contributed by atoms with van der Waals surface area (Å²) in [5.41, 5.74) is 2.62. The smallest absolute Gasteiger partial charge is 0.116 e.